The van der Waals surface area contributed by atoms with E-state index in [-0.39, 0.29) is 12.5 Å². The van der Waals surface area contributed by atoms with Crippen LogP contribution in [0.1, 0.15) is 0 Å². The van der Waals surface area contributed by atoms with Crippen molar-refractivity contribution in [2.45, 2.75) is 6.54 Å². The SMILES string of the molecule is O=C(Cn1cnnn1)NCCOc1ccccc1. The molecule has 94 valence electrons. The summed E-state index contributed by atoms with van der Waals surface area (Å²) in [6.45, 7) is 0.972. The lowest BCUT2D eigenvalue weighted by atomic mass is 10.3. The molecule has 1 heterocycles. The number of hydrogen-bond acceptors (Lipinski definition) is 5. The Morgan fingerprint density at radius 3 is 2.89 bits per heavy atom. The molecular weight excluding hydrogens is 234 g/mol. The third kappa shape index (κ3) is 3.85. The highest BCUT2D eigenvalue weighted by Gasteiger charge is 2.02. The van der Waals surface area contributed by atoms with Crippen molar-refractivity contribution in [3.63, 3.8) is 0 Å². The fraction of sp³-hybridized carbons (Fsp3) is 0.273. The number of amides is 1. The maximum Gasteiger partial charge on any atom is 0.241 e. The van der Waals surface area contributed by atoms with Crippen molar-refractivity contribution in [3.8, 4) is 5.75 Å². The van der Waals surface area contributed by atoms with Gasteiger partial charge in [0.15, 0.2) is 0 Å². The van der Waals surface area contributed by atoms with E-state index >= 15 is 0 Å². The molecule has 2 rings (SSSR count). The van der Waals surface area contributed by atoms with Crippen LogP contribution in [0.4, 0.5) is 0 Å². The molecule has 1 aromatic carbocycles. The van der Waals surface area contributed by atoms with Crippen LogP contribution < -0.4 is 10.1 Å². The van der Waals surface area contributed by atoms with E-state index in [1.807, 2.05) is 30.3 Å². The van der Waals surface area contributed by atoms with Gasteiger partial charge in [0.25, 0.3) is 0 Å². The van der Waals surface area contributed by atoms with Gasteiger partial charge < -0.3 is 10.1 Å². The Kier molecular flexibility index (Phi) is 4.23. The first-order valence-electron chi connectivity index (χ1n) is 5.50. The maximum absolute atomic E-state index is 11.4. The van der Waals surface area contributed by atoms with Gasteiger partial charge in [-0.2, -0.15) is 0 Å². The minimum atomic E-state index is -0.154. The Hall–Kier alpha value is -2.44. The van der Waals surface area contributed by atoms with E-state index in [1.54, 1.807) is 0 Å². The van der Waals surface area contributed by atoms with Gasteiger partial charge in [0.1, 0.15) is 25.2 Å². The van der Waals surface area contributed by atoms with Crippen molar-refractivity contribution < 1.29 is 9.53 Å². The van der Waals surface area contributed by atoms with Crippen molar-refractivity contribution in [2.75, 3.05) is 13.2 Å². The second kappa shape index (κ2) is 6.33. The molecule has 18 heavy (non-hydrogen) atoms. The Labute approximate surface area is 104 Å². The number of tetrazole rings is 1. The molecule has 7 heteroatoms. The summed E-state index contributed by atoms with van der Waals surface area (Å²) in [5, 5.41) is 13.2. The molecule has 0 saturated heterocycles. The topological polar surface area (TPSA) is 81.9 Å². The van der Waals surface area contributed by atoms with Crippen molar-refractivity contribution >= 4 is 5.91 Å². The van der Waals surface area contributed by atoms with E-state index in [1.165, 1.54) is 11.0 Å². The standard InChI is InChI=1S/C11H13N5O2/c17-11(8-16-9-13-14-15-16)12-6-7-18-10-4-2-1-3-5-10/h1-5,9H,6-8H2,(H,12,17). The maximum atomic E-state index is 11.4. The molecule has 1 amide bonds. The lowest BCUT2D eigenvalue weighted by Crippen LogP contribution is -2.31. The highest BCUT2D eigenvalue weighted by atomic mass is 16.5. The molecule has 0 fully saturated rings. The number of nitrogens with zero attached hydrogens (tertiary/aromatic N) is 4. The van der Waals surface area contributed by atoms with E-state index in [9.17, 15) is 4.79 Å². The van der Waals surface area contributed by atoms with Crippen molar-refractivity contribution in [3.05, 3.63) is 36.7 Å². The van der Waals surface area contributed by atoms with Crippen LogP contribution in [0.3, 0.4) is 0 Å². The van der Waals surface area contributed by atoms with Crippen LogP contribution in [0.25, 0.3) is 0 Å². The smallest absolute Gasteiger partial charge is 0.241 e. The first kappa shape index (κ1) is 12.0. The van der Waals surface area contributed by atoms with Gasteiger partial charge in [-0.05, 0) is 22.6 Å². The summed E-state index contributed by atoms with van der Waals surface area (Å²) in [7, 11) is 0. The number of hydrogen-bond donors (Lipinski definition) is 1. The predicted octanol–water partition coefficient (Wildman–Crippen LogP) is -0.132. The van der Waals surface area contributed by atoms with Gasteiger partial charge in [-0.1, -0.05) is 18.2 Å². The minimum Gasteiger partial charge on any atom is -0.492 e. The van der Waals surface area contributed by atoms with Crippen LogP contribution in [-0.4, -0.2) is 39.3 Å². The van der Waals surface area contributed by atoms with Crippen molar-refractivity contribution in [1.82, 2.24) is 25.5 Å². The van der Waals surface area contributed by atoms with Gasteiger partial charge in [-0.3, -0.25) is 4.79 Å². The molecule has 0 bridgehead atoms. The predicted molar refractivity (Wildman–Crippen MR) is 62.8 cm³/mol. The van der Waals surface area contributed by atoms with E-state index < -0.39 is 0 Å². The fourth-order valence-corrected chi connectivity index (χ4v) is 1.33. The van der Waals surface area contributed by atoms with Gasteiger partial charge in [-0.15, -0.1) is 5.10 Å². The zero-order chi connectivity index (χ0) is 12.6. The molecule has 1 aromatic heterocycles. The first-order chi connectivity index (χ1) is 8.84. The number of carbonyl (C=O) groups excluding carboxylic acids is 1. The lowest BCUT2D eigenvalue weighted by molar-refractivity contribution is -0.121. The largest absolute Gasteiger partial charge is 0.492 e. The first-order valence-corrected chi connectivity index (χ1v) is 5.50. The number of para-hydroxylation sites is 1. The van der Waals surface area contributed by atoms with Crippen molar-refractivity contribution in [1.29, 1.82) is 0 Å². The number of carbonyl (C=O) groups is 1. The monoisotopic (exact) mass is 247 g/mol. The zero-order valence-corrected chi connectivity index (χ0v) is 9.69. The van der Waals surface area contributed by atoms with Gasteiger partial charge in [0.05, 0.1) is 6.54 Å². The summed E-state index contributed by atoms with van der Waals surface area (Å²) in [4.78, 5) is 11.4. The fourth-order valence-electron chi connectivity index (χ4n) is 1.33. The van der Waals surface area contributed by atoms with Crippen LogP contribution in [0.2, 0.25) is 0 Å². The normalized spacial score (nSPS) is 10.0. The van der Waals surface area contributed by atoms with Gasteiger partial charge in [-0.25, -0.2) is 4.68 Å². The van der Waals surface area contributed by atoms with E-state index in [0.29, 0.717) is 13.2 Å². The molecule has 0 aliphatic carbocycles. The zero-order valence-electron chi connectivity index (χ0n) is 9.69. The van der Waals surface area contributed by atoms with E-state index in [0.717, 1.165) is 5.75 Å². The Balaban J connectivity index is 1.62. The third-order valence-corrected chi connectivity index (χ3v) is 2.13. The van der Waals surface area contributed by atoms with Gasteiger partial charge >= 0.3 is 0 Å². The third-order valence-electron chi connectivity index (χ3n) is 2.13. The van der Waals surface area contributed by atoms with Gasteiger partial charge in [0, 0.05) is 0 Å². The molecule has 0 atom stereocenters. The molecule has 0 unspecified atom stereocenters. The molecule has 0 aliphatic rings. The molecule has 0 saturated carbocycles. The summed E-state index contributed by atoms with van der Waals surface area (Å²) in [5.74, 6) is 0.631. The Morgan fingerprint density at radius 1 is 1.33 bits per heavy atom. The summed E-state index contributed by atoms with van der Waals surface area (Å²) >= 11 is 0. The number of rotatable bonds is 6. The average molecular weight is 247 g/mol. The molecular formula is C11H13N5O2. The summed E-state index contributed by atoms with van der Waals surface area (Å²) in [6.07, 6.45) is 1.39. The molecule has 0 spiro atoms. The molecule has 1 N–H and O–H groups in total. The average Bonchev–Trinajstić information content (AvgIpc) is 2.89. The van der Waals surface area contributed by atoms with Crippen LogP contribution in [0, 0.1) is 0 Å². The molecule has 0 radical (unpaired) electrons. The highest BCUT2D eigenvalue weighted by molar-refractivity contribution is 5.75. The number of nitrogens with one attached hydrogen (secondary N) is 1. The highest BCUT2D eigenvalue weighted by Crippen LogP contribution is 2.07. The van der Waals surface area contributed by atoms with Crippen LogP contribution in [-0.2, 0) is 11.3 Å². The molecule has 7 nitrogen and oxygen atoms in total. The van der Waals surface area contributed by atoms with Crippen molar-refractivity contribution in [2.24, 2.45) is 0 Å². The van der Waals surface area contributed by atoms with Crippen LogP contribution in [0.5, 0.6) is 5.75 Å². The van der Waals surface area contributed by atoms with E-state index in [2.05, 4.69) is 20.8 Å². The number of aromatic nitrogens is 4. The van der Waals surface area contributed by atoms with Crippen LogP contribution in [0.15, 0.2) is 36.7 Å². The Bertz CT molecular complexity index is 471. The molecule has 0 aliphatic heterocycles. The summed E-state index contributed by atoms with van der Waals surface area (Å²) in [5.41, 5.74) is 0. The van der Waals surface area contributed by atoms with Crippen LogP contribution >= 0.6 is 0 Å². The number of ether oxygens (including phenoxy) is 1. The lowest BCUT2D eigenvalue weighted by Gasteiger charge is -2.07. The second-order valence-corrected chi connectivity index (χ2v) is 3.52. The number of benzene rings is 1. The quantitative estimate of drug-likeness (QED) is 0.719. The second-order valence-electron chi connectivity index (χ2n) is 3.52. The van der Waals surface area contributed by atoms with E-state index in [4.69, 9.17) is 4.74 Å². The Morgan fingerprint density at radius 2 is 2.17 bits per heavy atom. The van der Waals surface area contributed by atoms with Gasteiger partial charge in [0.2, 0.25) is 5.91 Å². The summed E-state index contributed by atoms with van der Waals surface area (Å²) in [6, 6.07) is 9.43. The molecule has 2 aromatic rings. The minimum absolute atomic E-state index is 0.109. The summed E-state index contributed by atoms with van der Waals surface area (Å²) < 4.78 is 6.78.